The van der Waals surface area contributed by atoms with E-state index in [9.17, 15) is 21.6 Å². The minimum atomic E-state index is -4.35. The van der Waals surface area contributed by atoms with Crippen molar-refractivity contribution in [1.29, 1.82) is 0 Å². The standard InChI is InChI=1S/C14H18F3NO3S/c1-22(19,20)9-7-18-6-8-21-13(10-18)11-2-4-12(5-3-11)14(15,16)17/h2-5,13H,6-10H2,1H3. The summed E-state index contributed by atoms with van der Waals surface area (Å²) in [6.07, 6.45) is -3.51. The van der Waals surface area contributed by atoms with E-state index in [0.29, 0.717) is 31.8 Å². The molecule has 1 heterocycles. The molecule has 1 aliphatic heterocycles. The summed E-state index contributed by atoms with van der Waals surface area (Å²) in [5.41, 5.74) is -0.0296. The molecular weight excluding hydrogens is 319 g/mol. The average molecular weight is 337 g/mol. The number of rotatable bonds is 4. The molecule has 0 spiro atoms. The molecule has 124 valence electrons. The maximum Gasteiger partial charge on any atom is 0.416 e. The number of benzene rings is 1. The van der Waals surface area contributed by atoms with Crippen molar-refractivity contribution in [2.24, 2.45) is 0 Å². The molecule has 4 nitrogen and oxygen atoms in total. The number of morpholine rings is 1. The van der Waals surface area contributed by atoms with Gasteiger partial charge in [0.2, 0.25) is 0 Å². The molecule has 0 amide bonds. The zero-order valence-electron chi connectivity index (χ0n) is 12.1. The fourth-order valence-electron chi connectivity index (χ4n) is 2.29. The summed E-state index contributed by atoms with van der Waals surface area (Å²) in [7, 11) is -3.04. The molecule has 1 aromatic carbocycles. The third-order valence-corrected chi connectivity index (χ3v) is 4.46. The predicted molar refractivity (Wildman–Crippen MR) is 76.3 cm³/mol. The van der Waals surface area contributed by atoms with Crippen LogP contribution in [0.2, 0.25) is 0 Å². The number of alkyl halides is 3. The third-order valence-electron chi connectivity index (χ3n) is 3.54. The molecule has 1 aliphatic rings. The zero-order chi connectivity index (χ0) is 16.4. The number of sulfone groups is 1. The second kappa shape index (κ2) is 6.55. The second-order valence-electron chi connectivity index (χ2n) is 5.41. The molecule has 1 atom stereocenters. The lowest BCUT2D eigenvalue weighted by Gasteiger charge is -2.33. The van der Waals surface area contributed by atoms with Crippen LogP contribution in [0.3, 0.4) is 0 Å². The number of nitrogens with zero attached hydrogens (tertiary/aromatic N) is 1. The molecule has 0 saturated carbocycles. The van der Waals surface area contributed by atoms with Gasteiger partial charge in [-0.1, -0.05) is 12.1 Å². The lowest BCUT2D eigenvalue weighted by Crippen LogP contribution is -2.40. The van der Waals surface area contributed by atoms with E-state index in [-0.39, 0.29) is 11.9 Å². The van der Waals surface area contributed by atoms with Crippen molar-refractivity contribution >= 4 is 9.84 Å². The van der Waals surface area contributed by atoms with Gasteiger partial charge in [0.05, 0.1) is 24.0 Å². The quantitative estimate of drug-likeness (QED) is 0.844. The Morgan fingerprint density at radius 2 is 1.91 bits per heavy atom. The van der Waals surface area contributed by atoms with Gasteiger partial charge in [0.1, 0.15) is 9.84 Å². The average Bonchev–Trinajstić information content (AvgIpc) is 2.44. The summed E-state index contributed by atoms with van der Waals surface area (Å²) < 4.78 is 65.6. The Labute approximate surface area is 127 Å². The third kappa shape index (κ3) is 4.96. The van der Waals surface area contributed by atoms with Gasteiger partial charge in [-0.15, -0.1) is 0 Å². The summed E-state index contributed by atoms with van der Waals surface area (Å²) in [4.78, 5) is 1.95. The van der Waals surface area contributed by atoms with Crippen LogP contribution in [0, 0.1) is 0 Å². The van der Waals surface area contributed by atoms with E-state index >= 15 is 0 Å². The monoisotopic (exact) mass is 337 g/mol. The van der Waals surface area contributed by atoms with Gasteiger partial charge in [0.15, 0.2) is 0 Å². The number of ether oxygens (including phenoxy) is 1. The summed E-state index contributed by atoms with van der Waals surface area (Å²) in [5, 5.41) is 0. The molecule has 1 saturated heterocycles. The Kier molecular flexibility index (Phi) is 5.14. The van der Waals surface area contributed by atoms with Crippen LogP contribution in [0.5, 0.6) is 0 Å². The molecule has 1 aromatic rings. The van der Waals surface area contributed by atoms with Crippen LogP contribution < -0.4 is 0 Å². The minimum absolute atomic E-state index is 0.0622. The normalized spacial score (nSPS) is 21.0. The minimum Gasteiger partial charge on any atom is -0.371 e. The first-order valence-electron chi connectivity index (χ1n) is 6.84. The van der Waals surface area contributed by atoms with Crippen LogP contribution in [-0.2, 0) is 20.8 Å². The van der Waals surface area contributed by atoms with Gasteiger partial charge in [0, 0.05) is 25.9 Å². The fourth-order valence-corrected chi connectivity index (χ4v) is 2.88. The molecular formula is C14H18F3NO3S. The summed E-state index contributed by atoms with van der Waals surface area (Å²) >= 11 is 0. The van der Waals surface area contributed by atoms with Crippen LogP contribution in [0.4, 0.5) is 13.2 Å². The first kappa shape index (κ1) is 17.2. The Hall–Kier alpha value is -1.12. The molecule has 8 heteroatoms. The van der Waals surface area contributed by atoms with Crippen molar-refractivity contribution in [2.45, 2.75) is 12.3 Å². The highest BCUT2D eigenvalue weighted by atomic mass is 32.2. The van der Waals surface area contributed by atoms with Crippen LogP contribution in [0.25, 0.3) is 0 Å². The second-order valence-corrected chi connectivity index (χ2v) is 7.67. The molecule has 1 fully saturated rings. The zero-order valence-corrected chi connectivity index (χ0v) is 13.0. The predicted octanol–water partition coefficient (Wildman–Crippen LogP) is 2.12. The maximum atomic E-state index is 12.5. The summed E-state index contributed by atoms with van der Waals surface area (Å²) in [6.45, 7) is 1.92. The lowest BCUT2D eigenvalue weighted by atomic mass is 10.1. The smallest absolute Gasteiger partial charge is 0.371 e. The first-order chi connectivity index (χ1) is 10.1. The fraction of sp³-hybridized carbons (Fsp3) is 0.571. The Bertz CT molecular complexity index is 599. The van der Waals surface area contributed by atoms with E-state index in [0.717, 1.165) is 12.1 Å². The Morgan fingerprint density at radius 3 is 2.45 bits per heavy atom. The van der Waals surface area contributed by atoms with Crippen molar-refractivity contribution in [2.75, 3.05) is 38.2 Å². The van der Waals surface area contributed by atoms with Gasteiger partial charge in [-0.2, -0.15) is 13.2 Å². The van der Waals surface area contributed by atoms with Crippen molar-refractivity contribution in [3.05, 3.63) is 35.4 Å². The molecule has 0 N–H and O–H groups in total. The summed E-state index contributed by atoms with van der Waals surface area (Å²) in [5.74, 6) is 0.0622. The van der Waals surface area contributed by atoms with Gasteiger partial charge in [-0.25, -0.2) is 8.42 Å². The molecule has 0 bridgehead atoms. The highest BCUT2D eigenvalue weighted by Crippen LogP contribution is 2.31. The van der Waals surface area contributed by atoms with Crippen molar-refractivity contribution < 1.29 is 26.3 Å². The van der Waals surface area contributed by atoms with Crippen molar-refractivity contribution in [1.82, 2.24) is 4.90 Å². The van der Waals surface area contributed by atoms with Gasteiger partial charge < -0.3 is 4.74 Å². The lowest BCUT2D eigenvalue weighted by molar-refractivity contribution is -0.137. The molecule has 22 heavy (non-hydrogen) atoms. The van der Waals surface area contributed by atoms with E-state index in [1.54, 1.807) is 0 Å². The number of hydrogen-bond acceptors (Lipinski definition) is 4. The highest BCUT2D eigenvalue weighted by Gasteiger charge is 2.30. The maximum absolute atomic E-state index is 12.5. The number of hydrogen-bond donors (Lipinski definition) is 0. The largest absolute Gasteiger partial charge is 0.416 e. The molecule has 2 rings (SSSR count). The molecule has 0 aliphatic carbocycles. The molecule has 1 unspecified atom stereocenters. The SMILES string of the molecule is CS(=O)(=O)CCN1CCOC(c2ccc(C(F)(F)F)cc2)C1. The van der Waals surface area contributed by atoms with Gasteiger partial charge >= 0.3 is 6.18 Å². The Morgan fingerprint density at radius 1 is 1.27 bits per heavy atom. The van der Waals surface area contributed by atoms with Crippen LogP contribution in [-0.4, -0.2) is 51.6 Å². The van der Waals surface area contributed by atoms with E-state index in [2.05, 4.69) is 0 Å². The van der Waals surface area contributed by atoms with E-state index in [4.69, 9.17) is 4.74 Å². The molecule has 0 aromatic heterocycles. The van der Waals surface area contributed by atoms with Gasteiger partial charge in [0.25, 0.3) is 0 Å². The summed E-state index contributed by atoms with van der Waals surface area (Å²) in [6, 6.07) is 4.89. The Balaban J connectivity index is 2.00. The van der Waals surface area contributed by atoms with E-state index in [1.165, 1.54) is 18.4 Å². The van der Waals surface area contributed by atoms with E-state index in [1.807, 2.05) is 4.90 Å². The highest BCUT2D eigenvalue weighted by molar-refractivity contribution is 7.90. The number of halogens is 3. The topological polar surface area (TPSA) is 46.6 Å². The molecule has 0 radical (unpaired) electrons. The van der Waals surface area contributed by atoms with Crippen molar-refractivity contribution in [3.63, 3.8) is 0 Å². The van der Waals surface area contributed by atoms with Gasteiger partial charge in [-0.05, 0) is 17.7 Å². The van der Waals surface area contributed by atoms with Crippen LogP contribution >= 0.6 is 0 Å². The van der Waals surface area contributed by atoms with Gasteiger partial charge in [-0.3, -0.25) is 4.90 Å². The van der Waals surface area contributed by atoms with Crippen molar-refractivity contribution in [3.8, 4) is 0 Å². The van der Waals surface area contributed by atoms with Crippen LogP contribution in [0.15, 0.2) is 24.3 Å². The van der Waals surface area contributed by atoms with Crippen LogP contribution in [0.1, 0.15) is 17.2 Å². The first-order valence-corrected chi connectivity index (χ1v) is 8.90. The van der Waals surface area contributed by atoms with E-state index < -0.39 is 21.6 Å².